The second-order valence-corrected chi connectivity index (χ2v) is 5.27. The lowest BCUT2D eigenvalue weighted by Crippen LogP contribution is -2.30. The van der Waals surface area contributed by atoms with Crippen LogP contribution in [0.3, 0.4) is 0 Å². The van der Waals surface area contributed by atoms with E-state index >= 15 is 0 Å². The van der Waals surface area contributed by atoms with Crippen LogP contribution >= 0.6 is 11.6 Å². The van der Waals surface area contributed by atoms with Gasteiger partial charge in [-0.05, 0) is 23.8 Å². The molecule has 0 aliphatic carbocycles. The van der Waals surface area contributed by atoms with Crippen LogP contribution in [0.4, 0.5) is 0 Å². The Morgan fingerprint density at radius 3 is 3.14 bits per heavy atom. The van der Waals surface area contributed by atoms with Gasteiger partial charge in [-0.25, -0.2) is 4.98 Å². The minimum Gasteiger partial charge on any atom is -0.475 e. The van der Waals surface area contributed by atoms with Gasteiger partial charge >= 0.3 is 0 Å². The third-order valence-electron chi connectivity index (χ3n) is 3.45. The van der Waals surface area contributed by atoms with Gasteiger partial charge in [-0.3, -0.25) is 4.79 Å². The van der Waals surface area contributed by atoms with E-state index in [9.17, 15) is 4.79 Å². The molecule has 0 unspecified atom stereocenters. The van der Waals surface area contributed by atoms with Crippen LogP contribution in [0.25, 0.3) is 0 Å². The van der Waals surface area contributed by atoms with Gasteiger partial charge in [0, 0.05) is 11.8 Å². The highest BCUT2D eigenvalue weighted by atomic mass is 35.5. The van der Waals surface area contributed by atoms with E-state index in [0.29, 0.717) is 28.6 Å². The van der Waals surface area contributed by atoms with Gasteiger partial charge in [0.25, 0.3) is 0 Å². The quantitative estimate of drug-likeness (QED) is 0.944. The number of nitrogens with zero attached hydrogens (tertiary/aromatic N) is 2. The monoisotopic (exact) mass is 313 g/mol. The number of benzene rings is 1. The molecule has 0 spiro atoms. The third-order valence-corrected chi connectivity index (χ3v) is 3.89. The summed E-state index contributed by atoms with van der Waals surface area (Å²) in [7, 11) is 0. The molecule has 0 saturated carbocycles. The van der Waals surface area contributed by atoms with Crippen LogP contribution in [0, 0.1) is 11.3 Å². The zero-order valence-electron chi connectivity index (χ0n) is 11.5. The summed E-state index contributed by atoms with van der Waals surface area (Å²) in [5.41, 5.74) is 1.86. The molecule has 2 heterocycles. The van der Waals surface area contributed by atoms with Crippen LogP contribution in [0.5, 0.6) is 5.88 Å². The number of rotatable bonds is 3. The average molecular weight is 314 g/mol. The number of amides is 1. The van der Waals surface area contributed by atoms with E-state index in [1.54, 1.807) is 30.5 Å². The minimum atomic E-state index is -0.214. The van der Waals surface area contributed by atoms with E-state index in [4.69, 9.17) is 21.6 Å². The van der Waals surface area contributed by atoms with Crippen molar-refractivity contribution >= 4 is 17.5 Å². The van der Waals surface area contributed by atoms with E-state index in [0.717, 1.165) is 5.56 Å². The molecule has 1 aromatic carbocycles. The molecule has 2 aromatic rings. The number of nitriles is 1. The molecule has 110 valence electrons. The molecular weight excluding hydrogens is 302 g/mol. The highest BCUT2D eigenvalue weighted by Crippen LogP contribution is 2.29. The van der Waals surface area contributed by atoms with Gasteiger partial charge in [-0.15, -0.1) is 0 Å². The van der Waals surface area contributed by atoms with Crippen LogP contribution in [0.1, 0.15) is 22.7 Å². The summed E-state index contributed by atoms with van der Waals surface area (Å²) in [6.45, 7) is 0.365. The number of aromatic nitrogens is 1. The first-order chi connectivity index (χ1) is 10.7. The van der Waals surface area contributed by atoms with E-state index < -0.39 is 0 Å². The lowest BCUT2D eigenvalue weighted by atomic mass is 10.1. The normalized spacial score (nSPS) is 15.5. The molecule has 0 fully saturated rings. The molecule has 3 rings (SSSR count). The van der Waals surface area contributed by atoms with E-state index in [1.807, 2.05) is 12.1 Å². The molecule has 1 amide bonds. The first-order valence-corrected chi connectivity index (χ1v) is 7.11. The first kappa shape index (κ1) is 14.4. The Labute approximate surface area is 132 Å². The smallest absolute Gasteiger partial charge is 0.225 e. The van der Waals surface area contributed by atoms with Crippen LogP contribution < -0.4 is 10.1 Å². The lowest BCUT2D eigenvalue weighted by Gasteiger charge is -2.12. The maximum absolute atomic E-state index is 12.2. The van der Waals surface area contributed by atoms with Crippen molar-refractivity contribution in [2.75, 3.05) is 6.61 Å². The van der Waals surface area contributed by atoms with Crippen LogP contribution in [0.2, 0.25) is 5.02 Å². The van der Waals surface area contributed by atoms with Crippen molar-refractivity contribution in [3.05, 3.63) is 58.2 Å². The molecule has 1 N–H and O–H groups in total. The van der Waals surface area contributed by atoms with Crippen LogP contribution in [-0.4, -0.2) is 17.5 Å². The maximum atomic E-state index is 12.2. The largest absolute Gasteiger partial charge is 0.475 e. The molecule has 22 heavy (non-hydrogen) atoms. The third kappa shape index (κ3) is 2.74. The summed E-state index contributed by atoms with van der Waals surface area (Å²) < 4.78 is 5.43. The summed E-state index contributed by atoms with van der Waals surface area (Å²) in [4.78, 5) is 16.3. The Balaban J connectivity index is 1.71. The minimum absolute atomic E-state index is 0.112. The SMILES string of the molecule is N#Cc1cccc(CC(=O)N[C@@H]2COc3ncccc32)c1Cl. The number of hydrogen-bond acceptors (Lipinski definition) is 4. The second-order valence-electron chi connectivity index (χ2n) is 4.90. The number of carbonyl (C=O) groups is 1. The molecule has 1 atom stereocenters. The number of halogens is 1. The van der Waals surface area contributed by atoms with E-state index in [2.05, 4.69) is 10.3 Å². The summed E-state index contributed by atoms with van der Waals surface area (Å²) in [6.07, 6.45) is 1.76. The van der Waals surface area contributed by atoms with Crippen LogP contribution in [-0.2, 0) is 11.2 Å². The second kappa shape index (κ2) is 6.04. The van der Waals surface area contributed by atoms with E-state index in [1.165, 1.54) is 0 Å². The van der Waals surface area contributed by atoms with Gasteiger partial charge in [-0.2, -0.15) is 5.26 Å². The lowest BCUT2D eigenvalue weighted by molar-refractivity contribution is -0.121. The molecule has 0 radical (unpaired) electrons. The van der Waals surface area contributed by atoms with Crippen molar-refractivity contribution in [3.8, 4) is 11.9 Å². The van der Waals surface area contributed by atoms with Crippen molar-refractivity contribution in [1.29, 1.82) is 5.26 Å². The Bertz CT molecular complexity index is 770. The predicted molar refractivity (Wildman–Crippen MR) is 80.5 cm³/mol. The Morgan fingerprint density at radius 1 is 1.45 bits per heavy atom. The standard InChI is InChI=1S/C16H12ClN3O2/c17-15-10(3-1-4-11(15)8-18)7-14(21)20-13-9-22-16-12(13)5-2-6-19-16/h1-6,13H,7,9H2,(H,20,21)/t13-/m1/s1. The number of nitrogens with one attached hydrogen (secondary N) is 1. The fraction of sp³-hybridized carbons (Fsp3) is 0.188. The maximum Gasteiger partial charge on any atom is 0.225 e. The number of hydrogen-bond donors (Lipinski definition) is 1. The van der Waals surface area contributed by atoms with Gasteiger partial charge in [0.1, 0.15) is 12.7 Å². The van der Waals surface area contributed by atoms with Gasteiger partial charge in [0.2, 0.25) is 11.8 Å². The topological polar surface area (TPSA) is 75.0 Å². The summed E-state index contributed by atoms with van der Waals surface area (Å²) >= 11 is 6.11. The fourth-order valence-corrected chi connectivity index (χ4v) is 2.62. The van der Waals surface area contributed by atoms with Crippen molar-refractivity contribution in [2.24, 2.45) is 0 Å². The Hall–Kier alpha value is -2.58. The summed E-state index contributed by atoms with van der Waals surface area (Å²) in [6, 6.07) is 10.5. The van der Waals surface area contributed by atoms with Crippen molar-refractivity contribution in [1.82, 2.24) is 10.3 Å². The zero-order valence-corrected chi connectivity index (χ0v) is 12.3. The molecule has 1 aliphatic rings. The van der Waals surface area contributed by atoms with Gasteiger partial charge in [0.15, 0.2) is 0 Å². The number of pyridine rings is 1. The zero-order chi connectivity index (χ0) is 15.5. The highest BCUT2D eigenvalue weighted by Gasteiger charge is 2.26. The molecule has 5 nitrogen and oxygen atoms in total. The van der Waals surface area contributed by atoms with Gasteiger partial charge in [-0.1, -0.05) is 23.7 Å². The van der Waals surface area contributed by atoms with Gasteiger partial charge in [0.05, 0.1) is 23.0 Å². The Morgan fingerprint density at radius 2 is 2.32 bits per heavy atom. The first-order valence-electron chi connectivity index (χ1n) is 6.73. The van der Waals surface area contributed by atoms with Crippen molar-refractivity contribution < 1.29 is 9.53 Å². The molecule has 0 saturated heterocycles. The fourth-order valence-electron chi connectivity index (χ4n) is 2.38. The van der Waals surface area contributed by atoms with E-state index in [-0.39, 0.29) is 18.4 Å². The summed E-state index contributed by atoms with van der Waals surface area (Å²) in [5, 5.41) is 12.2. The molecule has 0 bridgehead atoms. The highest BCUT2D eigenvalue weighted by molar-refractivity contribution is 6.32. The molecule has 6 heteroatoms. The van der Waals surface area contributed by atoms with Crippen molar-refractivity contribution in [3.63, 3.8) is 0 Å². The number of ether oxygens (including phenoxy) is 1. The van der Waals surface area contributed by atoms with Crippen molar-refractivity contribution in [2.45, 2.75) is 12.5 Å². The number of carbonyl (C=O) groups excluding carboxylic acids is 1. The predicted octanol–water partition coefficient (Wildman–Crippen LogP) is 2.40. The van der Waals surface area contributed by atoms with Gasteiger partial charge < -0.3 is 10.1 Å². The van der Waals surface area contributed by atoms with Crippen LogP contribution in [0.15, 0.2) is 36.5 Å². The summed E-state index contributed by atoms with van der Waals surface area (Å²) in [5.74, 6) is 0.375. The average Bonchev–Trinajstić information content (AvgIpc) is 2.93. The molecular formula is C16H12ClN3O2. The molecule has 1 aromatic heterocycles. The Kier molecular flexibility index (Phi) is 3.94. The molecule has 1 aliphatic heterocycles. The number of fused-ring (bicyclic) bond motifs is 1.